The van der Waals surface area contributed by atoms with Crippen LogP contribution in [-0.2, 0) is 10.0 Å². The Morgan fingerprint density at radius 2 is 1.63 bits per heavy atom. The van der Waals surface area contributed by atoms with Crippen molar-refractivity contribution in [2.24, 2.45) is 0 Å². The fourth-order valence-electron chi connectivity index (χ4n) is 2.64. The van der Waals surface area contributed by atoms with Crippen LogP contribution in [0.25, 0.3) is 0 Å². The molecule has 0 bridgehead atoms. The molecule has 2 aromatic rings. The molecule has 0 aliphatic carbocycles. The van der Waals surface area contributed by atoms with Crippen LogP contribution in [0.4, 0.5) is 4.39 Å². The summed E-state index contributed by atoms with van der Waals surface area (Å²) < 4.78 is 40.6. The summed E-state index contributed by atoms with van der Waals surface area (Å²) in [4.78, 5) is 14.3. The largest absolute Gasteiger partial charge is 0.335 e. The van der Waals surface area contributed by atoms with E-state index >= 15 is 0 Å². The van der Waals surface area contributed by atoms with Crippen molar-refractivity contribution in [1.82, 2.24) is 9.21 Å². The lowest BCUT2D eigenvalue weighted by Crippen LogP contribution is -2.33. The Kier molecular flexibility index (Phi) is 6.38. The van der Waals surface area contributed by atoms with E-state index in [-0.39, 0.29) is 28.2 Å². The van der Waals surface area contributed by atoms with Gasteiger partial charge in [-0.15, -0.1) is 0 Å². The highest BCUT2D eigenvalue weighted by Crippen LogP contribution is 2.24. The van der Waals surface area contributed by atoms with Crippen molar-refractivity contribution >= 4 is 15.9 Å². The first kappa shape index (κ1) is 21.1. The zero-order valence-corrected chi connectivity index (χ0v) is 17.0. The van der Waals surface area contributed by atoms with Crippen LogP contribution in [0.2, 0.25) is 0 Å². The first-order chi connectivity index (χ1) is 12.6. The summed E-state index contributed by atoms with van der Waals surface area (Å²) >= 11 is 0. The summed E-state index contributed by atoms with van der Waals surface area (Å²) in [6.07, 6.45) is 0. The number of carbonyl (C=O) groups is 1. The highest BCUT2D eigenvalue weighted by Gasteiger charge is 2.26. The predicted octanol–water partition coefficient (Wildman–Crippen LogP) is 3.69. The Morgan fingerprint density at radius 1 is 1.00 bits per heavy atom. The normalized spacial score (nSPS) is 13.0. The maximum absolute atomic E-state index is 14.0. The Hall–Kier alpha value is -2.25. The van der Waals surface area contributed by atoms with Gasteiger partial charge in [0.15, 0.2) is 0 Å². The second-order valence-corrected chi connectivity index (χ2v) is 8.75. The van der Waals surface area contributed by atoms with Gasteiger partial charge in [-0.05, 0) is 45.0 Å². The van der Waals surface area contributed by atoms with Crippen molar-refractivity contribution in [1.29, 1.82) is 0 Å². The van der Waals surface area contributed by atoms with Gasteiger partial charge < -0.3 is 4.90 Å². The standard InChI is InChI=1S/C20H25FN2O3S/c1-14(2)23(5)27(25,26)17-10-8-9-16(13-17)20(24)22(4)15(3)18-11-6-7-12-19(18)21/h6-15H,1-5H3. The number of nitrogens with zero attached hydrogens (tertiary/aromatic N) is 2. The molecule has 0 aromatic heterocycles. The second kappa shape index (κ2) is 8.19. The fourth-order valence-corrected chi connectivity index (χ4v) is 4.05. The van der Waals surface area contributed by atoms with Gasteiger partial charge in [0.25, 0.3) is 5.91 Å². The van der Waals surface area contributed by atoms with Crippen LogP contribution < -0.4 is 0 Å². The number of benzene rings is 2. The third-order valence-electron chi connectivity index (χ3n) is 4.74. The van der Waals surface area contributed by atoms with E-state index in [0.29, 0.717) is 5.56 Å². The summed E-state index contributed by atoms with van der Waals surface area (Å²) in [7, 11) is -0.625. The first-order valence-electron chi connectivity index (χ1n) is 8.67. The molecule has 0 N–H and O–H groups in total. The zero-order valence-electron chi connectivity index (χ0n) is 16.2. The van der Waals surface area contributed by atoms with Crippen LogP contribution in [-0.4, -0.2) is 43.7 Å². The molecule has 2 rings (SSSR count). The van der Waals surface area contributed by atoms with Crippen LogP contribution in [0.3, 0.4) is 0 Å². The minimum atomic E-state index is -3.70. The molecular formula is C20H25FN2O3S. The summed E-state index contributed by atoms with van der Waals surface area (Å²) in [6.45, 7) is 5.27. The lowest BCUT2D eigenvalue weighted by atomic mass is 10.1. The van der Waals surface area contributed by atoms with E-state index in [4.69, 9.17) is 0 Å². The number of carbonyl (C=O) groups excluding carboxylic acids is 1. The Bertz CT molecular complexity index is 928. The molecule has 0 fully saturated rings. The van der Waals surface area contributed by atoms with Crippen LogP contribution >= 0.6 is 0 Å². The summed E-state index contributed by atoms with van der Waals surface area (Å²) in [5.41, 5.74) is 0.635. The average Bonchev–Trinajstić information content (AvgIpc) is 2.66. The second-order valence-electron chi connectivity index (χ2n) is 6.76. The van der Waals surface area contributed by atoms with Gasteiger partial charge in [0.1, 0.15) is 5.82 Å². The van der Waals surface area contributed by atoms with Gasteiger partial charge >= 0.3 is 0 Å². The molecule has 5 nitrogen and oxygen atoms in total. The molecule has 146 valence electrons. The predicted molar refractivity (Wildman–Crippen MR) is 103 cm³/mol. The molecule has 0 spiro atoms. The molecule has 2 aromatic carbocycles. The molecule has 0 radical (unpaired) electrons. The third-order valence-corrected chi connectivity index (χ3v) is 6.77. The minimum Gasteiger partial charge on any atom is -0.335 e. The van der Waals surface area contributed by atoms with E-state index in [1.807, 2.05) is 0 Å². The van der Waals surface area contributed by atoms with Gasteiger partial charge in [-0.1, -0.05) is 24.3 Å². The van der Waals surface area contributed by atoms with Crippen LogP contribution in [0.15, 0.2) is 53.4 Å². The monoisotopic (exact) mass is 392 g/mol. The van der Waals surface area contributed by atoms with Crippen LogP contribution in [0.5, 0.6) is 0 Å². The summed E-state index contributed by atoms with van der Waals surface area (Å²) in [5.74, 6) is -0.769. The number of sulfonamides is 1. The van der Waals surface area contributed by atoms with Gasteiger partial charge in [0.2, 0.25) is 10.0 Å². The van der Waals surface area contributed by atoms with E-state index in [1.54, 1.807) is 52.1 Å². The van der Waals surface area contributed by atoms with Gasteiger partial charge in [-0.2, -0.15) is 4.31 Å². The van der Waals surface area contributed by atoms with E-state index < -0.39 is 16.1 Å². The molecule has 7 heteroatoms. The lowest BCUT2D eigenvalue weighted by molar-refractivity contribution is 0.0740. The number of halogens is 1. The van der Waals surface area contributed by atoms with E-state index in [0.717, 1.165) is 0 Å². The topological polar surface area (TPSA) is 57.7 Å². The Balaban J connectivity index is 2.33. The number of hydrogen-bond acceptors (Lipinski definition) is 3. The SMILES string of the molecule is CC(c1ccccc1F)N(C)C(=O)c1cccc(S(=O)(=O)N(C)C(C)C)c1. The Morgan fingerprint density at radius 3 is 2.22 bits per heavy atom. The molecule has 1 unspecified atom stereocenters. The molecule has 0 saturated heterocycles. The average molecular weight is 392 g/mol. The molecule has 1 atom stereocenters. The number of rotatable bonds is 6. The molecular weight excluding hydrogens is 367 g/mol. The first-order valence-corrected chi connectivity index (χ1v) is 10.1. The van der Waals surface area contributed by atoms with E-state index in [9.17, 15) is 17.6 Å². The summed E-state index contributed by atoms with van der Waals surface area (Å²) in [6, 6.07) is 11.5. The molecule has 27 heavy (non-hydrogen) atoms. The smallest absolute Gasteiger partial charge is 0.254 e. The van der Waals surface area contributed by atoms with E-state index in [1.165, 1.54) is 40.5 Å². The van der Waals surface area contributed by atoms with E-state index in [2.05, 4.69) is 0 Å². The van der Waals surface area contributed by atoms with Crippen molar-refractivity contribution in [2.75, 3.05) is 14.1 Å². The maximum Gasteiger partial charge on any atom is 0.254 e. The van der Waals surface area contributed by atoms with Crippen molar-refractivity contribution < 1.29 is 17.6 Å². The van der Waals surface area contributed by atoms with Gasteiger partial charge in [0, 0.05) is 31.3 Å². The van der Waals surface area contributed by atoms with Crippen molar-refractivity contribution in [2.45, 2.75) is 37.8 Å². The molecule has 0 saturated carbocycles. The number of hydrogen-bond donors (Lipinski definition) is 0. The van der Waals surface area contributed by atoms with Crippen molar-refractivity contribution in [3.63, 3.8) is 0 Å². The molecule has 0 aliphatic heterocycles. The summed E-state index contributed by atoms with van der Waals surface area (Å²) in [5, 5.41) is 0. The zero-order chi connectivity index (χ0) is 20.4. The number of amides is 1. The lowest BCUT2D eigenvalue weighted by Gasteiger charge is -2.26. The van der Waals surface area contributed by atoms with Crippen molar-refractivity contribution in [3.05, 3.63) is 65.5 Å². The van der Waals surface area contributed by atoms with Crippen molar-refractivity contribution in [3.8, 4) is 0 Å². The molecule has 0 aliphatic rings. The van der Waals surface area contributed by atoms with Gasteiger partial charge in [-0.3, -0.25) is 4.79 Å². The fraction of sp³-hybridized carbons (Fsp3) is 0.350. The highest BCUT2D eigenvalue weighted by atomic mass is 32.2. The van der Waals surface area contributed by atoms with Crippen LogP contribution in [0.1, 0.15) is 42.7 Å². The molecule has 1 amide bonds. The van der Waals surface area contributed by atoms with Gasteiger partial charge in [0.05, 0.1) is 10.9 Å². The van der Waals surface area contributed by atoms with Crippen LogP contribution in [0, 0.1) is 5.82 Å². The quantitative estimate of drug-likeness (QED) is 0.753. The molecule has 0 heterocycles. The minimum absolute atomic E-state index is 0.0523. The van der Waals surface area contributed by atoms with Gasteiger partial charge in [-0.25, -0.2) is 12.8 Å². The Labute approximate surface area is 160 Å². The maximum atomic E-state index is 14.0. The highest BCUT2D eigenvalue weighted by molar-refractivity contribution is 7.89. The third kappa shape index (κ3) is 4.36.